The second-order valence-electron chi connectivity index (χ2n) is 6.76. The predicted octanol–water partition coefficient (Wildman–Crippen LogP) is 3.51. The Labute approximate surface area is 152 Å². The van der Waals surface area contributed by atoms with Gasteiger partial charge in [-0.05, 0) is 43.2 Å². The SMILES string of the molecule is COc1ccc(NC(=O)c2ccc3c(c2)OCC2(CC2)CO3)c(OC)c1. The van der Waals surface area contributed by atoms with Crippen LogP contribution >= 0.6 is 0 Å². The van der Waals surface area contributed by atoms with Crippen LogP contribution in [-0.4, -0.2) is 33.3 Å². The molecular weight excluding hydrogens is 334 g/mol. The Bertz CT molecular complexity index is 844. The van der Waals surface area contributed by atoms with Gasteiger partial charge < -0.3 is 24.3 Å². The summed E-state index contributed by atoms with van der Waals surface area (Å²) in [5.41, 5.74) is 1.23. The number of amides is 1. The molecule has 2 aromatic carbocycles. The number of fused-ring (bicyclic) bond motifs is 1. The summed E-state index contributed by atoms with van der Waals surface area (Å²) in [5.74, 6) is 2.24. The summed E-state index contributed by atoms with van der Waals surface area (Å²) in [4.78, 5) is 12.7. The molecule has 0 saturated heterocycles. The third kappa shape index (κ3) is 3.14. The molecule has 26 heavy (non-hydrogen) atoms. The van der Waals surface area contributed by atoms with Crippen molar-refractivity contribution in [2.75, 3.05) is 32.8 Å². The molecular formula is C20H21NO5. The van der Waals surface area contributed by atoms with Crippen molar-refractivity contribution in [3.8, 4) is 23.0 Å². The summed E-state index contributed by atoms with van der Waals surface area (Å²) in [6.07, 6.45) is 2.26. The van der Waals surface area contributed by atoms with Crippen molar-refractivity contribution in [2.45, 2.75) is 12.8 Å². The second kappa shape index (κ2) is 6.44. The fourth-order valence-corrected chi connectivity index (χ4v) is 2.95. The van der Waals surface area contributed by atoms with Gasteiger partial charge in [0.1, 0.15) is 11.5 Å². The lowest BCUT2D eigenvalue weighted by Gasteiger charge is -2.13. The molecule has 0 aromatic heterocycles. The van der Waals surface area contributed by atoms with Crippen molar-refractivity contribution in [3.05, 3.63) is 42.0 Å². The maximum absolute atomic E-state index is 12.7. The van der Waals surface area contributed by atoms with Crippen LogP contribution < -0.4 is 24.3 Å². The minimum Gasteiger partial charge on any atom is -0.497 e. The fraction of sp³-hybridized carbons (Fsp3) is 0.350. The Morgan fingerprint density at radius 3 is 2.46 bits per heavy atom. The average molecular weight is 355 g/mol. The first kappa shape index (κ1) is 16.6. The van der Waals surface area contributed by atoms with E-state index < -0.39 is 0 Å². The summed E-state index contributed by atoms with van der Waals surface area (Å²) in [6, 6.07) is 10.5. The van der Waals surface area contributed by atoms with E-state index in [-0.39, 0.29) is 11.3 Å². The van der Waals surface area contributed by atoms with Crippen LogP contribution in [0.15, 0.2) is 36.4 Å². The van der Waals surface area contributed by atoms with Crippen LogP contribution in [-0.2, 0) is 0 Å². The van der Waals surface area contributed by atoms with Gasteiger partial charge in [0.25, 0.3) is 5.91 Å². The molecule has 2 aliphatic rings. The highest BCUT2D eigenvalue weighted by Crippen LogP contribution is 2.49. The monoisotopic (exact) mass is 355 g/mol. The van der Waals surface area contributed by atoms with E-state index in [1.165, 1.54) is 0 Å². The predicted molar refractivity (Wildman–Crippen MR) is 96.6 cm³/mol. The minimum atomic E-state index is -0.245. The normalized spacial score (nSPS) is 16.5. The van der Waals surface area contributed by atoms with Crippen molar-refractivity contribution in [2.24, 2.45) is 5.41 Å². The van der Waals surface area contributed by atoms with E-state index in [1.807, 2.05) is 0 Å². The van der Waals surface area contributed by atoms with Gasteiger partial charge in [0.15, 0.2) is 11.5 Å². The molecule has 1 heterocycles. The van der Waals surface area contributed by atoms with Gasteiger partial charge in [-0.2, -0.15) is 0 Å². The van der Waals surface area contributed by atoms with Gasteiger partial charge in [0.05, 0.1) is 33.1 Å². The van der Waals surface area contributed by atoms with Crippen LogP contribution in [0.2, 0.25) is 0 Å². The lowest BCUT2D eigenvalue weighted by molar-refractivity contribution is 0.102. The van der Waals surface area contributed by atoms with Crippen molar-refractivity contribution in [3.63, 3.8) is 0 Å². The van der Waals surface area contributed by atoms with Gasteiger partial charge in [-0.15, -0.1) is 0 Å². The third-order valence-electron chi connectivity index (χ3n) is 4.89. The largest absolute Gasteiger partial charge is 0.497 e. The molecule has 0 radical (unpaired) electrons. The molecule has 1 fully saturated rings. The summed E-state index contributed by atoms with van der Waals surface area (Å²) < 4.78 is 22.2. The lowest BCUT2D eigenvalue weighted by atomic mass is 10.1. The van der Waals surface area contributed by atoms with Gasteiger partial charge >= 0.3 is 0 Å². The van der Waals surface area contributed by atoms with Gasteiger partial charge in [0, 0.05) is 17.0 Å². The number of benzene rings is 2. The minimum absolute atomic E-state index is 0.165. The molecule has 0 unspecified atom stereocenters. The molecule has 1 amide bonds. The van der Waals surface area contributed by atoms with Gasteiger partial charge in [-0.3, -0.25) is 4.79 Å². The smallest absolute Gasteiger partial charge is 0.255 e. The molecule has 1 saturated carbocycles. The van der Waals surface area contributed by atoms with Crippen molar-refractivity contribution >= 4 is 11.6 Å². The zero-order valence-corrected chi connectivity index (χ0v) is 14.8. The first-order chi connectivity index (χ1) is 12.6. The number of rotatable bonds is 4. The van der Waals surface area contributed by atoms with Crippen LogP contribution in [0.1, 0.15) is 23.2 Å². The Morgan fingerprint density at radius 2 is 1.77 bits per heavy atom. The number of carbonyl (C=O) groups is 1. The first-order valence-corrected chi connectivity index (χ1v) is 8.55. The topological polar surface area (TPSA) is 66.0 Å². The highest BCUT2D eigenvalue weighted by molar-refractivity contribution is 6.05. The summed E-state index contributed by atoms with van der Waals surface area (Å²) in [7, 11) is 3.13. The van der Waals surface area contributed by atoms with Crippen LogP contribution in [0.25, 0.3) is 0 Å². The molecule has 0 atom stereocenters. The summed E-state index contributed by atoms with van der Waals surface area (Å²) >= 11 is 0. The van der Waals surface area contributed by atoms with E-state index in [0.29, 0.717) is 47.5 Å². The van der Waals surface area contributed by atoms with E-state index >= 15 is 0 Å². The number of nitrogens with one attached hydrogen (secondary N) is 1. The summed E-state index contributed by atoms with van der Waals surface area (Å²) in [5, 5.41) is 2.86. The Hall–Kier alpha value is -2.89. The van der Waals surface area contributed by atoms with Crippen LogP contribution in [0.5, 0.6) is 23.0 Å². The number of anilines is 1. The van der Waals surface area contributed by atoms with Crippen molar-refractivity contribution < 1.29 is 23.7 Å². The highest BCUT2D eigenvalue weighted by Gasteiger charge is 2.46. The van der Waals surface area contributed by atoms with E-state index in [9.17, 15) is 4.79 Å². The number of methoxy groups -OCH3 is 2. The van der Waals surface area contributed by atoms with E-state index in [1.54, 1.807) is 50.6 Å². The van der Waals surface area contributed by atoms with Gasteiger partial charge in [0.2, 0.25) is 0 Å². The highest BCUT2D eigenvalue weighted by atomic mass is 16.5. The zero-order valence-electron chi connectivity index (χ0n) is 14.8. The van der Waals surface area contributed by atoms with Crippen LogP contribution in [0.4, 0.5) is 5.69 Å². The molecule has 6 heteroatoms. The van der Waals surface area contributed by atoms with E-state index in [0.717, 1.165) is 12.8 Å². The van der Waals surface area contributed by atoms with Crippen molar-refractivity contribution in [1.29, 1.82) is 0 Å². The Morgan fingerprint density at radius 1 is 1.00 bits per heavy atom. The van der Waals surface area contributed by atoms with Crippen LogP contribution in [0, 0.1) is 5.41 Å². The maximum Gasteiger partial charge on any atom is 0.255 e. The van der Waals surface area contributed by atoms with Crippen molar-refractivity contribution in [1.82, 2.24) is 0 Å². The number of hydrogen-bond donors (Lipinski definition) is 1. The van der Waals surface area contributed by atoms with E-state index in [4.69, 9.17) is 18.9 Å². The first-order valence-electron chi connectivity index (χ1n) is 8.55. The quantitative estimate of drug-likeness (QED) is 0.909. The van der Waals surface area contributed by atoms with Gasteiger partial charge in [-0.25, -0.2) is 0 Å². The number of carbonyl (C=O) groups excluding carboxylic acids is 1. The molecule has 1 aliphatic carbocycles. The molecule has 2 aromatic rings. The Balaban J connectivity index is 1.53. The molecule has 4 rings (SSSR count). The second-order valence-corrected chi connectivity index (χ2v) is 6.76. The maximum atomic E-state index is 12.7. The molecule has 136 valence electrons. The van der Waals surface area contributed by atoms with E-state index in [2.05, 4.69) is 5.32 Å². The molecule has 0 bridgehead atoms. The molecule has 1 aliphatic heterocycles. The third-order valence-corrected chi connectivity index (χ3v) is 4.89. The lowest BCUT2D eigenvalue weighted by Crippen LogP contribution is -2.17. The number of hydrogen-bond acceptors (Lipinski definition) is 5. The fourth-order valence-electron chi connectivity index (χ4n) is 2.95. The Kier molecular flexibility index (Phi) is 4.11. The zero-order chi connectivity index (χ0) is 18.1. The molecule has 1 spiro atoms. The molecule has 1 N–H and O–H groups in total. The number of ether oxygens (including phenoxy) is 4. The molecule has 6 nitrogen and oxygen atoms in total. The summed E-state index contributed by atoms with van der Waals surface area (Å²) in [6.45, 7) is 1.31. The van der Waals surface area contributed by atoms with Gasteiger partial charge in [-0.1, -0.05) is 0 Å². The average Bonchev–Trinajstić information content (AvgIpc) is 3.48. The standard InChI is InChI=1S/C20H21NO5/c1-23-14-4-5-15(17(10-14)24-2)21-19(22)13-3-6-16-18(9-13)26-12-20(7-8-20)11-25-16/h3-6,9-10H,7-8,11-12H2,1-2H3,(H,21,22). The van der Waals surface area contributed by atoms with Crippen LogP contribution in [0.3, 0.4) is 0 Å².